The average Bonchev–Trinajstić information content (AvgIpc) is 3.02. The van der Waals surface area contributed by atoms with E-state index in [0.717, 1.165) is 0 Å². The fourth-order valence-electron chi connectivity index (χ4n) is 5.56. The second-order valence-corrected chi connectivity index (χ2v) is 11.2. The van der Waals surface area contributed by atoms with Crippen LogP contribution in [0.15, 0.2) is 48.6 Å². The number of hydrogen-bond acceptors (Lipinski definition) is 6. The highest BCUT2D eigenvalue weighted by Gasteiger charge is 2.33. The Kier molecular flexibility index (Phi) is 15.1. The van der Waals surface area contributed by atoms with Crippen molar-refractivity contribution in [3.63, 3.8) is 0 Å². The minimum Gasteiger partial charge on any atom is -0.488 e. The monoisotopic (exact) mass is 602 g/mol. The van der Waals surface area contributed by atoms with E-state index in [1.807, 2.05) is 12.1 Å². The van der Waals surface area contributed by atoms with Gasteiger partial charge in [0, 0.05) is 11.1 Å². The first kappa shape index (κ1) is 34.7. The maximum atomic E-state index is 15.1. The Morgan fingerprint density at radius 3 is 2.00 bits per heavy atom. The van der Waals surface area contributed by atoms with Gasteiger partial charge in [0.1, 0.15) is 13.2 Å². The molecule has 0 spiro atoms. The van der Waals surface area contributed by atoms with Crippen LogP contribution in [-0.4, -0.2) is 58.8 Å². The first-order valence-electron chi connectivity index (χ1n) is 15.7. The van der Waals surface area contributed by atoms with Crippen molar-refractivity contribution >= 4 is 5.97 Å². The predicted octanol–water partition coefficient (Wildman–Crippen LogP) is 7.96. The number of carbonyl (C=O) groups is 1. The maximum Gasteiger partial charge on any atom is 0.333 e. The fraction of sp³-hybridized carbons (Fsp3) is 0.571. The first-order chi connectivity index (χ1) is 20.9. The Bertz CT molecular complexity index is 1130. The molecule has 0 heterocycles. The van der Waals surface area contributed by atoms with Gasteiger partial charge in [-0.05, 0) is 54.9 Å². The van der Waals surface area contributed by atoms with Gasteiger partial charge in [0.25, 0.3) is 0 Å². The van der Waals surface area contributed by atoms with Crippen molar-refractivity contribution in [2.75, 3.05) is 52.9 Å². The van der Waals surface area contributed by atoms with Crippen molar-refractivity contribution in [1.29, 1.82) is 0 Å². The van der Waals surface area contributed by atoms with Crippen molar-refractivity contribution in [2.24, 2.45) is 0 Å². The van der Waals surface area contributed by atoms with Gasteiger partial charge < -0.3 is 23.7 Å². The molecular formula is C35H48F2O6. The van der Waals surface area contributed by atoms with Gasteiger partial charge in [0.15, 0.2) is 11.6 Å². The molecule has 0 amide bonds. The number of hydrogen-bond donors (Lipinski definition) is 0. The van der Waals surface area contributed by atoms with Crippen LogP contribution in [0.2, 0.25) is 0 Å². The molecule has 3 rings (SSSR count). The minimum atomic E-state index is -0.998. The quantitative estimate of drug-likeness (QED) is 0.0871. The molecule has 0 N–H and O–H groups in total. The van der Waals surface area contributed by atoms with Gasteiger partial charge in [-0.2, -0.15) is 4.39 Å². The van der Waals surface area contributed by atoms with E-state index in [4.69, 9.17) is 23.7 Å². The molecular weight excluding hydrogens is 554 g/mol. The highest BCUT2D eigenvalue weighted by Crippen LogP contribution is 2.44. The highest BCUT2D eigenvalue weighted by molar-refractivity contribution is 5.86. The van der Waals surface area contributed by atoms with Crippen LogP contribution in [0, 0.1) is 11.6 Å². The molecule has 8 heteroatoms. The molecule has 0 atom stereocenters. The normalized spacial score (nSPS) is 14.4. The zero-order chi connectivity index (χ0) is 30.9. The van der Waals surface area contributed by atoms with Crippen LogP contribution in [0.5, 0.6) is 5.75 Å². The van der Waals surface area contributed by atoms with E-state index >= 15 is 4.39 Å². The molecule has 1 saturated carbocycles. The SMILES string of the molecule is C=C(C)C(=O)OCCOCCOCCOCCOc1ccc(-c2ccc(C3(CCCCC)CCCCC3)cc2)c(F)c1F. The lowest BCUT2D eigenvalue weighted by atomic mass is 9.66. The lowest BCUT2D eigenvalue weighted by Crippen LogP contribution is -2.29. The number of carbonyl (C=O) groups excluding carboxylic acids is 1. The summed E-state index contributed by atoms with van der Waals surface area (Å²) in [7, 11) is 0. The first-order valence-corrected chi connectivity index (χ1v) is 15.7. The Morgan fingerprint density at radius 2 is 1.40 bits per heavy atom. The van der Waals surface area contributed by atoms with E-state index in [1.54, 1.807) is 13.0 Å². The number of unbranched alkanes of at least 4 members (excludes halogenated alkanes) is 2. The summed E-state index contributed by atoms with van der Waals surface area (Å²) in [5, 5.41) is 0. The molecule has 238 valence electrons. The van der Waals surface area contributed by atoms with Crippen molar-refractivity contribution in [3.05, 3.63) is 65.7 Å². The lowest BCUT2D eigenvalue weighted by Gasteiger charge is -2.38. The second-order valence-electron chi connectivity index (χ2n) is 11.2. The summed E-state index contributed by atoms with van der Waals surface area (Å²) >= 11 is 0. The third-order valence-corrected chi connectivity index (χ3v) is 7.96. The summed E-state index contributed by atoms with van der Waals surface area (Å²) < 4.78 is 56.4. The van der Waals surface area contributed by atoms with Gasteiger partial charge in [-0.15, -0.1) is 0 Å². The number of ether oxygens (including phenoxy) is 5. The molecule has 1 fully saturated rings. The van der Waals surface area contributed by atoms with Gasteiger partial charge in [-0.3, -0.25) is 0 Å². The summed E-state index contributed by atoms with van der Waals surface area (Å²) in [5.74, 6) is -2.48. The molecule has 0 aliphatic heterocycles. The molecule has 2 aromatic rings. The van der Waals surface area contributed by atoms with Crippen LogP contribution in [0.3, 0.4) is 0 Å². The number of rotatable bonds is 20. The van der Waals surface area contributed by atoms with Gasteiger partial charge in [0.2, 0.25) is 5.82 Å². The fourth-order valence-corrected chi connectivity index (χ4v) is 5.56. The third kappa shape index (κ3) is 11.0. The zero-order valence-corrected chi connectivity index (χ0v) is 25.9. The highest BCUT2D eigenvalue weighted by atomic mass is 19.2. The second kappa shape index (κ2) is 18.8. The molecule has 1 aliphatic rings. The van der Waals surface area contributed by atoms with Crippen molar-refractivity contribution in [2.45, 2.75) is 77.0 Å². The summed E-state index contributed by atoms with van der Waals surface area (Å²) in [6, 6.07) is 11.1. The summed E-state index contributed by atoms with van der Waals surface area (Å²) in [6.45, 7) is 9.45. The van der Waals surface area contributed by atoms with E-state index in [1.165, 1.54) is 69.4 Å². The Hall–Kier alpha value is -2.81. The van der Waals surface area contributed by atoms with E-state index < -0.39 is 17.6 Å². The van der Waals surface area contributed by atoms with Crippen LogP contribution in [0.1, 0.15) is 77.2 Å². The molecule has 0 saturated heterocycles. The molecule has 6 nitrogen and oxygen atoms in total. The average molecular weight is 603 g/mol. The lowest BCUT2D eigenvalue weighted by molar-refractivity contribution is -0.140. The van der Waals surface area contributed by atoms with Crippen LogP contribution < -0.4 is 4.74 Å². The van der Waals surface area contributed by atoms with Crippen LogP contribution in [-0.2, 0) is 29.2 Å². The third-order valence-electron chi connectivity index (χ3n) is 7.96. The zero-order valence-electron chi connectivity index (χ0n) is 25.9. The minimum absolute atomic E-state index is 0.0799. The largest absolute Gasteiger partial charge is 0.488 e. The van der Waals surface area contributed by atoms with Gasteiger partial charge in [-0.25, -0.2) is 9.18 Å². The molecule has 43 heavy (non-hydrogen) atoms. The van der Waals surface area contributed by atoms with E-state index in [0.29, 0.717) is 37.6 Å². The molecule has 1 aliphatic carbocycles. The van der Waals surface area contributed by atoms with Crippen molar-refractivity contribution in [3.8, 4) is 16.9 Å². The summed E-state index contributed by atoms with van der Waals surface area (Å²) in [5.41, 5.74) is 2.77. The number of benzene rings is 2. The molecule has 0 aromatic heterocycles. The molecule has 0 unspecified atom stereocenters. The maximum absolute atomic E-state index is 15.1. The number of esters is 1. The summed E-state index contributed by atoms with van der Waals surface area (Å²) in [6.07, 6.45) is 11.1. The Labute approximate surface area is 255 Å². The Balaban J connectivity index is 1.37. The van der Waals surface area contributed by atoms with Crippen molar-refractivity contribution in [1.82, 2.24) is 0 Å². The van der Waals surface area contributed by atoms with E-state index in [-0.39, 0.29) is 43.2 Å². The predicted molar refractivity (Wildman–Crippen MR) is 164 cm³/mol. The molecule has 0 radical (unpaired) electrons. The van der Waals surface area contributed by atoms with E-state index in [2.05, 4.69) is 25.6 Å². The van der Waals surface area contributed by atoms with Crippen LogP contribution in [0.25, 0.3) is 11.1 Å². The van der Waals surface area contributed by atoms with Crippen LogP contribution >= 0.6 is 0 Å². The van der Waals surface area contributed by atoms with Gasteiger partial charge in [-0.1, -0.05) is 76.3 Å². The smallest absolute Gasteiger partial charge is 0.333 e. The molecule has 0 bridgehead atoms. The van der Waals surface area contributed by atoms with E-state index in [9.17, 15) is 9.18 Å². The van der Waals surface area contributed by atoms with Crippen LogP contribution in [0.4, 0.5) is 8.78 Å². The molecule has 2 aromatic carbocycles. The summed E-state index contributed by atoms with van der Waals surface area (Å²) in [4.78, 5) is 11.2. The standard InChI is InChI=1S/C35H48F2O6/c1-4-5-7-16-35(17-8-6-9-18-35)29-12-10-28(11-13-29)30-14-15-31(33(37)32(30)36)42-25-23-40-21-19-39-20-22-41-24-26-43-34(38)27(2)3/h10-15H,2,4-9,16-26H2,1,3H3. The Morgan fingerprint density at radius 1 is 0.791 bits per heavy atom. The topological polar surface area (TPSA) is 63.2 Å². The number of halogens is 2. The van der Waals surface area contributed by atoms with Crippen molar-refractivity contribution < 1.29 is 37.3 Å². The van der Waals surface area contributed by atoms with Gasteiger partial charge in [0.05, 0.1) is 39.6 Å². The van der Waals surface area contributed by atoms with Gasteiger partial charge >= 0.3 is 5.97 Å².